The smallest absolute Gasteiger partial charge is 0.255 e. The molecule has 0 bridgehead atoms. The van der Waals surface area contributed by atoms with Gasteiger partial charge in [-0.25, -0.2) is 4.39 Å². The number of amides is 1. The molecule has 0 heterocycles. The second kappa shape index (κ2) is 6.39. The van der Waals surface area contributed by atoms with Crippen LogP contribution in [0.3, 0.4) is 0 Å². The number of halogens is 1. The van der Waals surface area contributed by atoms with Gasteiger partial charge < -0.3 is 10.1 Å². The van der Waals surface area contributed by atoms with Crippen LogP contribution < -0.4 is 10.1 Å². The van der Waals surface area contributed by atoms with Crippen LogP contribution in [0.4, 0.5) is 10.1 Å². The van der Waals surface area contributed by atoms with Gasteiger partial charge in [-0.15, -0.1) is 0 Å². The Morgan fingerprint density at radius 3 is 2.52 bits per heavy atom. The second-order valence-corrected chi connectivity index (χ2v) is 5.05. The lowest BCUT2D eigenvalue weighted by Gasteiger charge is -2.13. The van der Waals surface area contributed by atoms with Crippen LogP contribution >= 0.6 is 0 Å². The van der Waals surface area contributed by atoms with Crippen molar-refractivity contribution in [1.82, 2.24) is 0 Å². The largest absolute Gasteiger partial charge is 0.494 e. The molecule has 2 rings (SSSR count). The normalized spacial score (nSPS) is 10.5. The molecule has 0 unspecified atom stereocenters. The number of hydrogen-bond acceptors (Lipinski definition) is 2. The Morgan fingerprint density at radius 2 is 1.90 bits per heavy atom. The molecule has 0 aliphatic rings. The van der Waals surface area contributed by atoms with Crippen molar-refractivity contribution in [3.8, 4) is 5.75 Å². The van der Waals surface area contributed by atoms with Gasteiger partial charge in [-0.1, -0.05) is 32.0 Å². The van der Waals surface area contributed by atoms with Crippen LogP contribution in [0.5, 0.6) is 5.75 Å². The van der Waals surface area contributed by atoms with E-state index in [-0.39, 0.29) is 23.1 Å². The Labute approximate surface area is 123 Å². The van der Waals surface area contributed by atoms with Crippen molar-refractivity contribution in [2.45, 2.75) is 19.8 Å². The van der Waals surface area contributed by atoms with Crippen LogP contribution in [0.15, 0.2) is 42.5 Å². The summed E-state index contributed by atoms with van der Waals surface area (Å²) in [7, 11) is 1.39. The van der Waals surface area contributed by atoms with Crippen LogP contribution in [0.2, 0.25) is 0 Å². The molecule has 21 heavy (non-hydrogen) atoms. The van der Waals surface area contributed by atoms with Gasteiger partial charge in [0.2, 0.25) is 0 Å². The van der Waals surface area contributed by atoms with Gasteiger partial charge in [0.05, 0.1) is 7.11 Å². The van der Waals surface area contributed by atoms with Crippen molar-refractivity contribution in [2.24, 2.45) is 0 Å². The highest BCUT2D eigenvalue weighted by atomic mass is 19.1. The summed E-state index contributed by atoms with van der Waals surface area (Å²) in [5.41, 5.74) is 2.04. The molecule has 0 spiro atoms. The van der Waals surface area contributed by atoms with Crippen LogP contribution in [-0.4, -0.2) is 13.0 Å². The first-order valence-corrected chi connectivity index (χ1v) is 6.76. The Kier molecular flexibility index (Phi) is 4.58. The molecular weight excluding hydrogens is 269 g/mol. The van der Waals surface area contributed by atoms with Gasteiger partial charge in [0.25, 0.3) is 5.91 Å². The summed E-state index contributed by atoms with van der Waals surface area (Å²) in [6.07, 6.45) is 0. The van der Waals surface area contributed by atoms with E-state index in [1.54, 1.807) is 0 Å². The summed E-state index contributed by atoms with van der Waals surface area (Å²) in [6.45, 7) is 4.11. The first-order valence-electron chi connectivity index (χ1n) is 6.76. The molecule has 0 saturated heterocycles. The van der Waals surface area contributed by atoms with Gasteiger partial charge in [0.15, 0.2) is 11.6 Å². The zero-order valence-corrected chi connectivity index (χ0v) is 12.3. The van der Waals surface area contributed by atoms with Gasteiger partial charge in [0, 0.05) is 11.3 Å². The number of nitrogens with one attached hydrogen (secondary N) is 1. The number of methoxy groups -OCH3 is 1. The van der Waals surface area contributed by atoms with E-state index in [1.165, 1.54) is 25.3 Å². The second-order valence-electron chi connectivity index (χ2n) is 5.05. The number of rotatable bonds is 4. The maximum atomic E-state index is 13.7. The first kappa shape index (κ1) is 15.0. The minimum atomic E-state index is -0.553. The monoisotopic (exact) mass is 287 g/mol. The van der Waals surface area contributed by atoms with Gasteiger partial charge in [-0.2, -0.15) is 0 Å². The number of para-hydroxylation sites is 1. The zero-order chi connectivity index (χ0) is 15.4. The van der Waals surface area contributed by atoms with Crippen LogP contribution in [0.1, 0.15) is 35.7 Å². The molecule has 0 saturated carbocycles. The quantitative estimate of drug-likeness (QED) is 0.914. The van der Waals surface area contributed by atoms with Crippen LogP contribution in [0.25, 0.3) is 0 Å². The average Bonchev–Trinajstić information content (AvgIpc) is 2.47. The van der Waals surface area contributed by atoms with E-state index in [0.717, 1.165) is 11.3 Å². The molecule has 2 aromatic carbocycles. The third-order valence-corrected chi connectivity index (χ3v) is 3.24. The lowest BCUT2D eigenvalue weighted by molar-refractivity contribution is 0.102. The number of hydrogen-bond donors (Lipinski definition) is 1. The zero-order valence-electron chi connectivity index (χ0n) is 12.3. The van der Waals surface area contributed by atoms with Crippen LogP contribution in [-0.2, 0) is 0 Å². The summed E-state index contributed by atoms with van der Waals surface area (Å²) in [6, 6.07) is 11.7. The van der Waals surface area contributed by atoms with Crippen molar-refractivity contribution >= 4 is 11.6 Å². The highest BCUT2D eigenvalue weighted by Crippen LogP contribution is 2.25. The molecule has 2 aromatic rings. The summed E-state index contributed by atoms with van der Waals surface area (Å²) >= 11 is 0. The molecule has 0 atom stereocenters. The molecule has 0 aromatic heterocycles. The minimum Gasteiger partial charge on any atom is -0.494 e. The summed E-state index contributed by atoms with van der Waals surface area (Å²) < 4.78 is 18.5. The van der Waals surface area contributed by atoms with E-state index in [9.17, 15) is 9.18 Å². The van der Waals surface area contributed by atoms with Gasteiger partial charge in [0.1, 0.15) is 0 Å². The Bertz CT molecular complexity index is 653. The molecule has 0 aliphatic heterocycles. The molecule has 4 heteroatoms. The Morgan fingerprint density at radius 1 is 1.19 bits per heavy atom. The van der Waals surface area contributed by atoms with Crippen molar-refractivity contribution in [1.29, 1.82) is 0 Å². The summed E-state index contributed by atoms with van der Waals surface area (Å²) in [5, 5.41) is 2.83. The van der Waals surface area contributed by atoms with Crippen LogP contribution in [0, 0.1) is 5.82 Å². The summed E-state index contributed by atoms with van der Waals surface area (Å²) in [4.78, 5) is 12.2. The van der Waals surface area contributed by atoms with E-state index < -0.39 is 5.82 Å². The predicted molar refractivity (Wildman–Crippen MR) is 81.4 cm³/mol. The number of benzene rings is 2. The highest BCUT2D eigenvalue weighted by molar-refractivity contribution is 6.04. The number of ether oxygens (including phenoxy) is 1. The third-order valence-electron chi connectivity index (χ3n) is 3.24. The van der Waals surface area contributed by atoms with E-state index in [2.05, 4.69) is 19.2 Å². The van der Waals surface area contributed by atoms with E-state index >= 15 is 0 Å². The molecule has 3 nitrogen and oxygen atoms in total. The van der Waals surface area contributed by atoms with E-state index in [0.29, 0.717) is 0 Å². The minimum absolute atomic E-state index is 0.120. The molecule has 0 radical (unpaired) electrons. The Hall–Kier alpha value is -2.36. The maximum Gasteiger partial charge on any atom is 0.255 e. The maximum absolute atomic E-state index is 13.7. The molecule has 110 valence electrons. The first-order chi connectivity index (χ1) is 10.0. The topological polar surface area (TPSA) is 38.3 Å². The lowest BCUT2D eigenvalue weighted by atomic mass is 10.0. The fourth-order valence-electron chi connectivity index (χ4n) is 2.12. The Balaban J connectivity index is 2.24. The van der Waals surface area contributed by atoms with E-state index in [1.807, 2.05) is 24.3 Å². The SMILES string of the molecule is COc1ccc(C(=O)Nc2ccccc2C(C)C)cc1F. The number of carbonyl (C=O) groups excluding carboxylic acids is 1. The predicted octanol–water partition coefficient (Wildman–Crippen LogP) is 4.21. The van der Waals surface area contributed by atoms with E-state index in [4.69, 9.17) is 4.74 Å². The standard InChI is InChI=1S/C17H18FNO2/c1-11(2)13-6-4-5-7-15(13)19-17(20)12-8-9-16(21-3)14(18)10-12/h4-11H,1-3H3,(H,19,20). The highest BCUT2D eigenvalue weighted by Gasteiger charge is 2.13. The van der Waals surface area contributed by atoms with Gasteiger partial charge in [-0.3, -0.25) is 4.79 Å². The fraction of sp³-hybridized carbons (Fsp3) is 0.235. The number of carbonyl (C=O) groups is 1. The molecule has 1 amide bonds. The number of anilines is 1. The lowest BCUT2D eigenvalue weighted by Crippen LogP contribution is -2.14. The molecule has 0 fully saturated rings. The molecular formula is C17H18FNO2. The summed E-state index contributed by atoms with van der Waals surface area (Å²) in [5.74, 6) is -0.491. The molecule has 1 N–H and O–H groups in total. The van der Waals surface area contributed by atoms with Crippen molar-refractivity contribution in [2.75, 3.05) is 12.4 Å². The van der Waals surface area contributed by atoms with Crippen molar-refractivity contribution < 1.29 is 13.9 Å². The van der Waals surface area contributed by atoms with Crippen molar-refractivity contribution in [3.05, 3.63) is 59.4 Å². The van der Waals surface area contributed by atoms with Gasteiger partial charge >= 0.3 is 0 Å². The van der Waals surface area contributed by atoms with Crippen molar-refractivity contribution in [3.63, 3.8) is 0 Å². The average molecular weight is 287 g/mol. The van der Waals surface area contributed by atoms with Gasteiger partial charge in [-0.05, 0) is 35.7 Å². The third kappa shape index (κ3) is 3.40. The molecule has 0 aliphatic carbocycles. The fourth-order valence-corrected chi connectivity index (χ4v) is 2.12.